The van der Waals surface area contributed by atoms with E-state index in [0.29, 0.717) is 11.0 Å². The van der Waals surface area contributed by atoms with Crippen LogP contribution in [0, 0.1) is 5.92 Å². The van der Waals surface area contributed by atoms with Crippen LogP contribution in [0.15, 0.2) is 35.7 Å². The first-order valence-electron chi connectivity index (χ1n) is 7.22. The van der Waals surface area contributed by atoms with Crippen molar-refractivity contribution >= 4 is 22.4 Å². The topological polar surface area (TPSA) is 68.0 Å². The largest absolute Gasteiger partial charge is 0.323 e. The van der Waals surface area contributed by atoms with Gasteiger partial charge < -0.3 is 11.1 Å². The van der Waals surface area contributed by atoms with Crippen LogP contribution in [0.25, 0.3) is 0 Å². The third kappa shape index (κ3) is 3.31. The average Bonchev–Trinajstić information content (AvgIpc) is 3.27. The number of anilines is 1. The van der Waals surface area contributed by atoms with Crippen LogP contribution in [0.4, 0.5) is 5.13 Å². The van der Waals surface area contributed by atoms with E-state index in [1.54, 1.807) is 0 Å². The lowest BCUT2D eigenvalue weighted by molar-refractivity contribution is -0.120. The van der Waals surface area contributed by atoms with E-state index in [9.17, 15) is 4.79 Å². The molecule has 2 unspecified atom stereocenters. The Balaban J connectivity index is 1.63. The van der Waals surface area contributed by atoms with Crippen LogP contribution in [-0.4, -0.2) is 10.9 Å². The number of amides is 1. The van der Waals surface area contributed by atoms with Gasteiger partial charge >= 0.3 is 0 Å². The molecular formula is C16H19N3OS. The molecule has 3 N–H and O–H groups in total. The molecule has 1 amide bonds. The fraction of sp³-hybridized carbons (Fsp3) is 0.375. The van der Waals surface area contributed by atoms with Gasteiger partial charge in [0.15, 0.2) is 5.13 Å². The number of hydrogen-bond donors (Lipinski definition) is 2. The van der Waals surface area contributed by atoms with Gasteiger partial charge in [-0.25, -0.2) is 4.98 Å². The predicted molar refractivity (Wildman–Crippen MR) is 85.3 cm³/mol. The Morgan fingerprint density at radius 2 is 2.10 bits per heavy atom. The van der Waals surface area contributed by atoms with Crippen LogP contribution < -0.4 is 11.1 Å². The molecule has 2 atom stereocenters. The summed E-state index contributed by atoms with van der Waals surface area (Å²) in [6, 6.07) is 9.39. The first-order valence-corrected chi connectivity index (χ1v) is 8.10. The normalized spacial score (nSPS) is 17.2. The Labute approximate surface area is 128 Å². The van der Waals surface area contributed by atoms with Crippen molar-refractivity contribution in [2.75, 3.05) is 5.32 Å². The summed E-state index contributed by atoms with van der Waals surface area (Å²) in [5.74, 6) is 0.222. The standard InChI is InChI=1S/C16H19N3OS/c1-10(14(17)12-5-3-2-4-6-12)15(20)19-16-18-13(9-21-16)11-7-8-11/h2-6,9-11,14H,7-8,17H2,1H3,(H,18,19,20). The zero-order chi connectivity index (χ0) is 14.8. The second-order valence-corrected chi connectivity index (χ2v) is 6.42. The number of carbonyl (C=O) groups excluding carboxylic acids is 1. The van der Waals surface area contributed by atoms with Gasteiger partial charge in [0.1, 0.15) is 0 Å². The second-order valence-electron chi connectivity index (χ2n) is 5.57. The first-order chi connectivity index (χ1) is 10.1. The fourth-order valence-electron chi connectivity index (χ4n) is 2.26. The Morgan fingerprint density at radius 1 is 1.38 bits per heavy atom. The maximum atomic E-state index is 12.3. The van der Waals surface area contributed by atoms with E-state index >= 15 is 0 Å². The van der Waals surface area contributed by atoms with Gasteiger partial charge in [-0.2, -0.15) is 0 Å². The quantitative estimate of drug-likeness (QED) is 0.890. The molecule has 110 valence electrons. The molecule has 1 aromatic heterocycles. The molecule has 0 aliphatic heterocycles. The maximum Gasteiger partial charge on any atom is 0.230 e. The molecule has 1 aliphatic rings. The molecular weight excluding hydrogens is 282 g/mol. The van der Waals surface area contributed by atoms with Gasteiger partial charge in [0.25, 0.3) is 0 Å². The molecule has 1 aliphatic carbocycles. The van der Waals surface area contributed by atoms with Gasteiger partial charge in [-0.1, -0.05) is 37.3 Å². The molecule has 21 heavy (non-hydrogen) atoms. The zero-order valence-electron chi connectivity index (χ0n) is 12.0. The maximum absolute atomic E-state index is 12.3. The van der Waals surface area contributed by atoms with Gasteiger partial charge in [0, 0.05) is 17.3 Å². The number of rotatable bonds is 5. The molecule has 0 bridgehead atoms. The van der Waals surface area contributed by atoms with Crippen LogP contribution in [0.2, 0.25) is 0 Å². The minimum absolute atomic E-state index is 0.0805. The average molecular weight is 301 g/mol. The van der Waals surface area contributed by atoms with Gasteiger partial charge in [0.2, 0.25) is 5.91 Å². The fourth-order valence-corrected chi connectivity index (χ4v) is 3.05. The van der Waals surface area contributed by atoms with Crippen molar-refractivity contribution in [2.24, 2.45) is 11.7 Å². The number of carbonyl (C=O) groups is 1. The molecule has 0 radical (unpaired) electrons. The number of nitrogens with zero attached hydrogens (tertiary/aromatic N) is 1. The summed E-state index contributed by atoms with van der Waals surface area (Å²) in [6.07, 6.45) is 2.43. The molecule has 1 saturated carbocycles. The van der Waals surface area contributed by atoms with Crippen molar-refractivity contribution in [1.82, 2.24) is 4.98 Å². The van der Waals surface area contributed by atoms with E-state index in [1.807, 2.05) is 42.6 Å². The van der Waals surface area contributed by atoms with Crippen molar-refractivity contribution in [1.29, 1.82) is 0 Å². The van der Waals surface area contributed by atoms with E-state index in [2.05, 4.69) is 10.3 Å². The molecule has 1 heterocycles. The van der Waals surface area contributed by atoms with Crippen molar-refractivity contribution in [2.45, 2.75) is 31.7 Å². The smallest absolute Gasteiger partial charge is 0.230 e. The number of hydrogen-bond acceptors (Lipinski definition) is 4. The van der Waals surface area contributed by atoms with E-state index in [0.717, 1.165) is 11.3 Å². The minimum atomic E-state index is -0.311. The Bertz CT molecular complexity index is 621. The summed E-state index contributed by atoms with van der Waals surface area (Å²) in [5.41, 5.74) is 8.26. The zero-order valence-corrected chi connectivity index (χ0v) is 12.8. The third-order valence-electron chi connectivity index (χ3n) is 3.88. The minimum Gasteiger partial charge on any atom is -0.323 e. The Hall–Kier alpha value is -1.72. The molecule has 1 aromatic carbocycles. The number of nitrogens with two attached hydrogens (primary N) is 1. The van der Waals surface area contributed by atoms with Crippen molar-refractivity contribution in [3.05, 3.63) is 47.0 Å². The second kappa shape index (κ2) is 5.95. The summed E-state index contributed by atoms with van der Waals surface area (Å²) in [5, 5.41) is 5.60. The van der Waals surface area contributed by atoms with Crippen LogP contribution in [0.1, 0.15) is 43.0 Å². The van der Waals surface area contributed by atoms with Gasteiger partial charge in [-0.15, -0.1) is 11.3 Å². The lowest BCUT2D eigenvalue weighted by Crippen LogP contribution is -2.30. The van der Waals surface area contributed by atoms with Crippen LogP contribution >= 0.6 is 11.3 Å². The monoisotopic (exact) mass is 301 g/mol. The highest BCUT2D eigenvalue weighted by atomic mass is 32.1. The Kier molecular flexibility index (Phi) is 4.03. The summed E-state index contributed by atoms with van der Waals surface area (Å²) in [4.78, 5) is 16.8. The molecule has 0 saturated heterocycles. The van der Waals surface area contributed by atoms with Crippen LogP contribution in [0.3, 0.4) is 0 Å². The summed E-state index contributed by atoms with van der Waals surface area (Å²) >= 11 is 1.49. The van der Waals surface area contributed by atoms with E-state index in [4.69, 9.17) is 5.73 Å². The van der Waals surface area contributed by atoms with Crippen LogP contribution in [0.5, 0.6) is 0 Å². The van der Waals surface area contributed by atoms with E-state index in [1.165, 1.54) is 24.2 Å². The summed E-state index contributed by atoms with van der Waals surface area (Å²) in [7, 11) is 0. The number of benzene rings is 1. The summed E-state index contributed by atoms with van der Waals surface area (Å²) < 4.78 is 0. The molecule has 4 nitrogen and oxygen atoms in total. The molecule has 0 spiro atoms. The highest BCUT2D eigenvalue weighted by Gasteiger charge is 2.27. The number of aromatic nitrogens is 1. The Morgan fingerprint density at radius 3 is 2.76 bits per heavy atom. The van der Waals surface area contributed by atoms with Crippen molar-refractivity contribution in [3.63, 3.8) is 0 Å². The lowest BCUT2D eigenvalue weighted by Gasteiger charge is -2.19. The lowest BCUT2D eigenvalue weighted by atomic mass is 9.95. The molecule has 3 rings (SSSR count). The molecule has 5 heteroatoms. The summed E-state index contributed by atoms with van der Waals surface area (Å²) in [6.45, 7) is 1.85. The van der Waals surface area contributed by atoms with Crippen molar-refractivity contribution < 1.29 is 4.79 Å². The van der Waals surface area contributed by atoms with Gasteiger partial charge in [-0.05, 0) is 18.4 Å². The van der Waals surface area contributed by atoms with Crippen molar-refractivity contribution in [3.8, 4) is 0 Å². The number of nitrogens with one attached hydrogen (secondary N) is 1. The molecule has 2 aromatic rings. The first kappa shape index (κ1) is 14.2. The van der Waals surface area contributed by atoms with Gasteiger partial charge in [-0.3, -0.25) is 4.79 Å². The SMILES string of the molecule is CC(C(=O)Nc1nc(C2CC2)cs1)C(N)c1ccccc1. The van der Waals surface area contributed by atoms with E-state index in [-0.39, 0.29) is 17.9 Å². The molecule has 1 fully saturated rings. The third-order valence-corrected chi connectivity index (χ3v) is 4.66. The highest BCUT2D eigenvalue weighted by Crippen LogP contribution is 2.40. The highest BCUT2D eigenvalue weighted by molar-refractivity contribution is 7.13. The predicted octanol–water partition coefficient (Wildman–Crippen LogP) is 3.30. The van der Waals surface area contributed by atoms with E-state index < -0.39 is 0 Å². The van der Waals surface area contributed by atoms with Gasteiger partial charge in [0.05, 0.1) is 11.6 Å². The number of thiazole rings is 1. The van der Waals surface area contributed by atoms with Crippen LogP contribution in [-0.2, 0) is 4.79 Å².